The Hall–Kier alpha value is -2.36. The van der Waals surface area contributed by atoms with E-state index < -0.39 is 0 Å². The molecule has 1 atom stereocenters. The molecular formula is C20H27N3O. The van der Waals surface area contributed by atoms with Crippen LogP contribution in [0.15, 0.2) is 59.2 Å². The molecule has 0 spiro atoms. The van der Waals surface area contributed by atoms with Crippen LogP contribution in [0.5, 0.6) is 0 Å². The molecule has 0 fully saturated rings. The molecule has 0 saturated carbocycles. The molecule has 0 aliphatic heterocycles. The SMILES string of the molecule is CC1=CCCC(C)(C)C1/C=C/C(C)=N/NC(=O)Nc1ccccc1. The average Bonchev–Trinajstić information content (AvgIpc) is 2.53. The summed E-state index contributed by atoms with van der Waals surface area (Å²) in [5.41, 5.74) is 5.70. The van der Waals surface area contributed by atoms with Gasteiger partial charge in [0.2, 0.25) is 0 Å². The van der Waals surface area contributed by atoms with E-state index in [-0.39, 0.29) is 11.4 Å². The lowest BCUT2D eigenvalue weighted by molar-refractivity contribution is 0.252. The standard InChI is InChI=1S/C20H27N3O/c1-15-9-8-14-20(3,4)18(15)13-12-16(2)22-23-19(24)21-17-10-6-5-7-11-17/h5-7,9-13,18H,8,14H2,1-4H3,(H2,21,23,24)/b13-12+,22-16+. The maximum Gasteiger partial charge on any atom is 0.339 e. The van der Waals surface area contributed by atoms with Gasteiger partial charge in [0, 0.05) is 11.6 Å². The van der Waals surface area contributed by atoms with E-state index in [2.05, 4.69) is 48.8 Å². The topological polar surface area (TPSA) is 53.5 Å². The number of hydrogen-bond donors (Lipinski definition) is 2. The Balaban J connectivity index is 1.92. The first-order valence-corrected chi connectivity index (χ1v) is 8.40. The van der Waals surface area contributed by atoms with Gasteiger partial charge >= 0.3 is 6.03 Å². The quantitative estimate of drug-likeness (QED) is 0.450. The number of nitrogens with zero attached hydrogens (tertiary/aromatic N) is 1. The fourth-order valence-electron chi connectivity index (χ4n) is 3.08. The van der Waals surface area contributed by atoms with Gasteiger partial charge in [-0.1, -0.05) is 49.8 Å². The van der Waals surface area contributed by atoms with Crippen LogP contribution in [-0.4, -0.2) is 11.7 Å². The fraction of sp³-hybridized carbons (Fsp3) is 0.400. The van der Waals surface area contributed by atoms with E-state index in [1.54, 1.807) is 0 Å². The van der Waals surface area contributed by atoms with Crippen LogP contribution in [0.3, 0.4) is 0 Å². The molecule has 0 bridgehead atoms. The van der Waals surface area contributed by atoms with Gasteiger partial charge in [-0.05, 0) is 50.3 Å². The first kappa shape index (κ1) is 18.0. The van der Waals surface area contributed by atoms with Crippen molar-refractivity contribution < 1.29 is 4.79 Å². The second-order valence-electron chi connectivity index (χ2n) is 7.00. The van der Waals surface area contributed by atoms with Gasteiger partial charge in [-0.25, -0.2) is 10.2 Å². The van der Waals surface area contributed by atoms with Crippen LogP contribution < -0.4 is 10.7 Å². The van der Waals surface area contributed by atoms with E-state index in [9.17, 15) is 4.79 Å². The smallest absolute Gasteiger partial charge is 0.307 e. The molecule has 1 aromatic rings. The summed E-state index contributed by atoms with van der Waals surface area (Å²) in [6, 6.07) is 8.96. The van der Waals surface area contributed by atoms with E-state index in [1.807, 2.05) is 43.3 Å². The summed E-state index contributed by atoms with van der Waals surface area (Å²) in [6.07, 6.45) is 8.83. The van der Waals surface area contributed by atoms with Crippen molar-refractivity contribution in [3.05, 3.63) is 54.1 Å². The van der Waals surface area contributed by atoms with Crippen molar-refractivity contribution in [2.45, 2.75) is 40.5 Å². The third-order valence-corrected chi connectivity index (χ3v) is 4.48. The highest BCUT2D eigenvalue weighted by molar-refractivity contribution is 5.95. The molecular weight excluding hydrogens is 298 g/mol. The van der Waals surface area contributed by atoms with Crippen LogP contribution in [0.2, 0.25) is 0 Å². The first-order chi connectivity index (χ1) is 11.4. The molecule has 2 amide bonds. The van der Waals surface area contributed by atoms with Crippen molar-refractivity contribution in [3.8, 4) is 0 Å². The normalized spacial score (nSPS) is 20.6. The Kier molecular flexibility index (Phi) is 5.96. The Morgan fingerprint density at radius 3 is 2.67 bits per heavy atom. The Labute approximate surface area is 144 Å². The maximum atomic E-state index is 11.8. The number of urea groups is 1. The minimum absolute atomic E-state index is 0.258. The van der Waals surface area contributed by atoms with Crippen LogP contribution >= 0.6 is 0 Å². The predicted octanol–water partition coefficient (Wildman–Crippen LogP) is 5.12. The second-order valence-corrected chi connectivity index (χ2v) is 7.00. The third kappa shape index (κ3) is 5.08. The summed E-state index contributed by atoms with van der Waals surface area (Å²) in [7, 11) is 0. The average molecular weight is 325 g/mol. The Morgan fingerprint density at radius 2 is 2.00 bits per heavy atom. The zero-order valence-electron chi connectivity index (χ0n) is 15.0. The van der Waals surface area contributed by atoms with Crippen molar-refractivity contribution in [1.29, 1.82) is 0 Å². The Morgan fingerprint density at radius 1 is 1.29 bits per heavy atom. The molecule has 0 radical (unpaired) electrons. The lowest BCUT2D eigenvalue weighted by Gasteiger charge is -2.36. The predicted molar refractivity (Wildman–Crippen MR) is 101 cm³/mol. The molecule has 1 unspecified atom stereocenters. The summed E-state index contributed by atoms with van der Waals surface area (Å²) in [5.74, 6) is 0.412. The summed E-state index contributed by atoms with van der Waals surface area (Å²) >= 11 is 0. The zero-order valence-corrected chi connectivity index (χ0v) is 15.0. The van der Waals surface area contributed by atoms with Crippen molar-refractivity contribution in [1.82, 2.24) is 5.43 Å². The van der Waals surface area contributed by atoms with Gasteiger partial charge < -0.3 is 5.32 Å². The van der Waals surface area contributed by atoms with E-state index in [0.717, 1.165) is 17.8 Å². The number of allylic oxidation sites excluding steroid dienone is 4. The molecule has 0 heterocycles. The van der Waals surface area contributed by atoms with Gasteiger partial charge in [-0.3, -0.25) is 0 Å². The summed E-state index contributed by atoms with van der Waals surface area (Å²) in [6.45, 7) is 8.68. The van der Waals surface area contributed by atoms with Crippen LogP contribution in [0, 0.1) is 11.3 Å². The molecule has 4 nitrogen and oxygen atoms in total. The molecule has 24 heavy (non-hydrogen) atoms. The number of para-hydroxylation sites is 1. The van der Waals surface area contributed by atoms with Crippen LogP contribution in [0.1, 0.15) is 40.5 Å². The van der Waals surface area contributed by atoms with Gasteiger partial charge in [0.15, 0.2) is 0 Å². The summed E-state index contributed by atoms with van der Waals surface area (Å²) < 4.78 is 0. The lowest BCUT2D eigenvalue weighted by Crippen LogP contribution is -2.26. The molecule has 1 aliphatic rings. The van der Waals surface area contributed by atoms with Gasteiger partial charge in [-0.2, -0.15) is 5.10 Å². The van der Waals surface area contributed by atoms with Gasteiger partial charge in [0.1, 0.15) is 0 Å². The highest BCUT2D eigenvalue weighted by Crippen LogP contribution is 2.41. The number of nitrogens with one attached hydrogen (secondary N) is 2. The van der Waals surface area contributed by atoms with Crippen LogP contribution in [0.25, 0.3) is 0 Å². The number of rotatable bonds is 4. The van der Waals surface area contributed by atoms with Crippen molar-refractivity contribution in [2.75, 3.05) is 5.32 Å². The van der Waals surface area contributed by atoms with Gasteiger partial charge in [0.25, 0.3) is 0 Å². The highest BCUT2D eigenvalue weighted by atomic mass is 16.2. The maximum absolute atomic E-state index is 11.8. The summed E-state index contributed by atoms with van der Waals surface area (Å²) in [4.78, 5) is 11.8. The minimum atomic E-state index is -0.344. The monoisotopic (exact) mass is 325 g/mol. The molecule has 128 valence electrons. The number of anilines is 1. The first-order valence-electron chi connectivity index (χ1n) is 8.40. The Bertz CT molecular complexity index is 657. The van der Waals surface area contributed by atoms with E-state index >= 15 is 0 Å². The second kappa shape index (κ2) is 7.95. The largest absolute Gasteiger partial charge is 0.339 e. The van der Waals surface area contributed by atoms with Crippen LogP contribution in [-0.2, 0) is 0 Å². The van der Waals surface area contributed by atoms with E-state index in [0.29, 0.717) is 5.92 Å². The van der Waals surface area contributed by atoms with E-state index in [1.165, 1.54) is 12.0 Å². The number of hydrazone groups is 1. The number of amides is 2. The lowest BCUT2D eigenvalue weighted by atomic mass is 9.68. The number of hydrogen-bond acceptors (Lipinski definition) is 2. The van der Waals surface area contributed by atoms with Crippen LogP contribution in [0.4, 0.5) is 10.5 Å². The molecule has 2 rings (SSSR count). The van der Waals surface area contributed by atoms with Gasteiger partial charge in [-0.15, -0.1) is 0 Å². The number of carbonyl (C=O) groups excluding carboxylic acids is 1. The fourth-order valence-corrected chi connectivity index (χ4v) is 3.08. The van der Waals surface area contributed by atoms with Crippen molar-refractivity contribution >= 4 is 17.4 Å². The molecule has 2 N–H and O–H groups in total. The molecule has 0 saturated heterocycles. The number of benzene rings is 1. The minimum Gasteiger partial charge on any atom is -0.307 e. The molecule has 1 aliphatic carbocycles. The molecule has 1 aromatic carbocycles. The molecule has 4 heteroatoms. The summed E-state index contributed by atoms with van der Waals surface area (Å²) in [5, 5.41) is 6.86. The van der Waals surface area contributed by atoms with Crippen molar-refractivity contribution in [2.24, 2.45) is 16.4 Å². The number of carbonyl (C=O) groups is 1. The third-order valence-electron chi connectivity index (χ3n) is 4.48. The van der Waals surface area contributed by atoms with E-state index in [4.69, 9.17) is 0 Å². The zero-order chi connectivity index (χ0) is 17.6. The highest BCUT2D eigenvalue weighted by Gasteiger charge is 2.30. The van der Waals surface area contributed by atoms with Crippen molar-refractivity contribution in [3.63, 3.8) is 0 Å². The molecule has 0 aromatic heterocycles. The van der Waals surface area contributed by atoms with Gasteiger partial charge in [0.05, 0.1) is 5.71 Å².